The topological polar surface area (TPSA) is 17.1 Å². The monoisotopic (exact) mass is 209 g/mol. The van der Waals surface area contributed by atoms with E-state index >= 15 is 0 Å². The fourth-order valence-electron chi connectivity index (χ4n) is 2.64. The van der Waals surface area contributed by atoms with E-state index in [2.05, 4.69) is 0 Å². The van der Waals surface area contributed by atoms with E-state index in [4.69, 9.17) is 0 Å². The zero-order valence-electron chi connectivity index (χ0n) is 9.97. The summed E-state index contributed by atoms with van der Waals surface area (Å²) in [4.78, 5) is 10.0. The maximum Gasteiger partial charge on any atom is 0.198 e. The Morgan fingerprint density at radius 2 is 1.53 bits per heavy atom. The summed E-state index contributed by atoms with van der Waals surface area (Å²) in [5.74, 6) is 0.991. The van der Waals surface area contributed by atoms with Crippen molar-refractivity contribution in [2.24, 2.45) is 5.92 Å². The smallest absolute Gasteiger partial charge is 0.198 e. The SMILES string of the molecule is O=[C]CCCCCC1CCCCCCC1. The fourth-order valence-corrected chi connectivity index (χ4v) is 2.64. The van der Waals surface area contributed by atoms with E-state index in [0.717, 1.165) is 12.3 Å². The molecule has 0 aromatic rings. The number of carbonyl (C=O) groups excluding carboxylic acids is 1. The Hall–Kier alpha value is -0.330. The van der Waals surface area contributed by atoms with Crippen LogP contribution in [0.1, 0.15) is 77.0 Å². The lowest BCUT2D eigenvalue weighted by atomic mass is 9.87. The van der Waals surface area contributed by atoms with E-state index in [1.807, 2.05) is 6.29 Å². The Bertz CT molecular complexity index is 145. The molecule has 1 saturated carbocycles. The van der Waals surface area contributed by atoms with Gasteiger partial charge in [-0.3, -0.25) is 4.79 Å². The second kappa shape index (κ2) is 8.94. The van der Waals surface area contributed by atoms with Gasteiger partial charge in [0.15, 0.2) is 6.29 Å². The van der Waals surface area contributed by atoms with Crippen molar-refractivity contribution < 1.29 is 4.79 Å². The van der Waals surface area contributed by atoms with Crippen LogP contribution in [0, 0.1) is 5.92 Å². The Morgan fingerprint density at radius 1 is 0.867 bits per heavy atom. The molecule has 0 heterocycles. The van der Waals surface area contributed by atoms with Crippen molar-refractivity contribution in [1.29, 1.82) is 0 Å². The molecule has 1 nitrogen and oxygen atoms in total. The van der Waals surface area contributed by atoms with Crippen molar-refractivity contribution in [2.75, 3.05) is 0 Å². The molecule has 0 spiro atoms. The minimum atomic E-state index is 0.644. The first kappa shape index (κ1) is 12.7. The Labute approximate surface area is 94.6 Å². The molecule has 0 atom stereocenters. The van der Waals surface area contributed by atoms with Crippen LogP contribution in [0.3, 0.4) is 0 Å². The lowest BCUT2D eigenvalue weighted by molar-refractivity contribution is 0.348. The molecular weight excluding hydrogens is 184 g/mol. The van der Waals surface area contributed by atoms with Gasteiger partial charge in [0.1, 0.15) is 0 Å². The summed E-state index contributed by atoms with van der Waals surface area (Å²) < 4.78 is 0. The molecule has 1 rings (SSSR count). The summed E-state index contributed by atoms with van der Waals surface area (Å²) in [5, 5.41) is 0. The van der Waals surface area contributed by atoms with Gasteiger partial charge in [0.2, 0.25) is 0 Å². The third-order valence-electron chi connectivity index (χ3n) is 3.62. The van der Waals surface area contributed by atoms with Crippen LogP contribution in [0.2, 0.25) is 0 Å². The van der Waals surface area contributed by atoms with Crippen molar-refractivity contribution in [3.63, 3.8) is 0 Å². The molecule has 1 radical (unpaired) electrons. The normalized spacial score (nSPS) is 19.5. The molecule has 1 aliphatic carbocycles. The van der Waals surface area contributed by atoms with E-state index < -0.39 is 0 Å². The lowest BCUT2D eigenvalue weighted by Gasteiger charge is -2.19. The Balaban J connectivity index is 1.99. The first-order valence-electron chi connectivity index (χ1n) is 6.78. The number of hydrogen-bond donors (Lipinski definition) is 0. The zero-order valence-corrected chi connectivity index (χ0v) is 9.97. The average molecular weight is 209 g/mol. The molecule has 1 aliphatic rings. The Kier molecular flexibility index (Phi) is 7.59. The van der Waals surface area contributed by atoms with E-state index in [1.165, 1.54) is 64.2 Å². The van der Waals surface area contributed by atoms with Crippen LogP contribution < -0.4 is 0 Å². The third kappa shape index (κ3) is 6.70. The average Bonchev–Trinajstić information content (AvgIpc) is 2.20. The maximum absolute atomic E-state index is 10.0. The molecule has 0 saturated heterocycles. The molecular formula is C14H25O. The van der Waals surface area contributed by atoms with Gasteiger partial charge in [-0.05, 0) is 12.3 Å². The van der Waals surface area contributed by atoms with Gasteiger partial charge in [-0.25, -0.2) is 0 Å². The minimum Gasteiger partial charge on any atom is -0.291 e. The van der Waals surface area contributed by atoms with Gasteiger partial charge in [-0.2, -0.15) is 0 Å². The third-order valence-corrected chi connectivity index (χ3v) is 3.62. The van der Waals surface area contributed by atoms with Crippen molar-refractivity contribution in [3.8, 4) is 0 Å². The van der Waals surface area contributed by atoms with Gasteiger partial charge < -0.3 is 0 Å². The van der Waals surface area contributed by atoms with Crippen molar-refractivity contribution in [3.05, 3.63) is 0 Å². The second-order valence-corrected chi connectivity index (χ2v) is 4.95. The van der Waals surface area contributed by atoms with E-state index in [9.17, 15) is 4.79 Å². The van der Waals surface area contributed by atoms with Crippen LogP contribution in [0.4, 0.5) is 0 Å². The van der Waals surface area contributed by atoms with Gasteiger partial charge in [-0.15, -0.1) is 0 Å². The maximum atomic E-state index is 10.0. The molecule has 0 aromatic heterocycles. The quantitative estimate of drug-likeness (QED) is 0.592. The molecule has 1 heteroatoms. The summed E-state index contributed by atoms with van der Waals surface area (Å²) in [5.41, 5.74) is 0. The van der Waals surface area contributed by atoms with E-state index in [-0.39, 0.29) is 0 Å². The highest BCUT2D eigenvalue weighted by molar-refractivity contribution is 5.50. The largest absolute Gasteiger partial charge is 0.291 e. The first-order chi connectivity index (χ1) is 7.43. The van der Waals surface area contributed by atoms with Crippen LogP contribution in [-0.2, 0) is 4.79 Å². The van der Waals surface area contributed by atoms with Crippen LogP contribution in [0.25, 0.3) is 0 Å². The lowest BCUT2D eigenvalue weighted by Crippen LogP contribution is -2.03. The van der Waals surface area contributed by atoms with Gasteiger partial charge in [0.05, 0.1) is 0 Å². The molecule has 87 valence electrons. The van der Waals surface area contributed by atoms with Gasteiger partial charge in [0.25, 0.3) is 0 Å². The highest BCUT2D eigenvalue weighted by atomic mass is 16.1. The van der Waals surface area contributed by atoms with Crippen molar-refractivity contribution >= 4 is 6.29 Å². The predicted octanol–water partition coefficient (Wildman–Crippen LogP) is 4.41. The summed E-state index contributed by atoms with van der Waals surface area (Å²) in [6.45, 7) is 0. The van der Waals surface area contributed by atoms with Gasteiger partial charge in [0, 0.05) is 6.42 Å². The van der Waals surface area contributed by atoms with E-state index in [0.29, 0.717) is 6.42 Å². The van der Waals surface area contributed by atoms with Crippen LogP contribution in [0.15, 0.2) is 0 Å². The van der Waals surface area contributed by atoms with Gasteiger partial charge in [-0.1, -0.05) is 64.2 Å². The molecule has 0 bridgehead atoms. The molecule has 0 aliphatic heterocycles. The first-order valence-corrected chi connectivity index (χ1v) is 6.78. The summed E-state index contributed by atoms with van der Waals surface area (Å²) in [6, 6.07) is 0. The molecule has 0 aromatic carbocycles. The second-order valence-electron chi connectivity index (χ2n) is 4.95. The predicted molar refractivity (Wildman–Crippen MR) is 64.6 cm³/mol. The van der Waals surface area contributed by atoms with Crippen LogP contribution in [-0.4, -0.2) is 6.29 Å². The summed E-state index contributed by atoms with van der Waals surface area (Å²) in [6.07, 6.45) is 17.8. The summed E-state index contributed by atoms with van der Waals surface area (Å²) in [7, 11) is 0. The minimum absolute atomic E-state index is 0.644. The highest BCUT2D eigenvalue weighted by Gasteiger charge is 2.10. The number of hydrogen-bond acceptors (Lipinski definition) is 1. The number of rotatable bonds is 6. The molecule has 0 amide bonds. The summed E-state index contributed by atoms with van der Waals surface area (Å²) >= 11 is 0. The van der Waals surface area contributed by atoms with E-state index in [1.54, 1.807) is 0 Å². The number of unbranched alkanes of at least 4 members (excludes halogenated alkanes) is 3. The van der Waals surface area contributed by atoms with Gasteiger partial charge >= 0.3 is 0 Å². The molecule has 0 unspecified atom stereocenters. The zero-order chi connectivity index (χ0) is 10.8. The molecule has 1 fully saturated rings. The fraction of sp³-hybridized carbons (Fsp3) is 0.929. The standard InChI is InChI=1S/C14H25O/c15-13-9-5-4-8-12-14-10-6-2-1-3-7-11-14/h14H,1-12H2. The van der Waals surface area contributed by atoms with Crippen molar-refractivity contribution in [2.45, 2.75) is 77.0 Å². The van der Waals surface area contributed by atoms with Crippen molar-refractivity contribution in [1.82, 2.24) is 0 Å². The van der Waals surface area contributed by atoms with Crippen LogP contribution in [0.5, 0.6) is 0 Å². The Morgan fingerprint density at radius 3 is 2.20 bits per heavy atom. The molecule has 0 N–H and O–H groups in total. The molecule has 15 heavy (non-hydrogen) atoms. The van der Waals surface area contributed by atoms with Crippen LogP contribution >= 0.6 is 0 Å². The highest BCUT2D eigenvalue weighted by Crippen LogP contribution is 2.26.